The van der Waals surface area contributed by atoms with Gasteiger partial charge in [0.05, 0.1) is 5.69 Å². The number of benzene rings is 1. The second kappa shape index (κ2) is 8.72. The first-order valence-electron chi connectivity index (χ1n) is 7.37. The second-order valence-corrected chi connectivity index (χ2v) is 6.29. The van der Waals surface area contributed by atoms with E-state index in [-0.39, 0.29) is 30.9 Å². The summed E-state index contributed by atoms with van der Waals surface area (Å²) in [7, 11) is 1.97. The Morgan fingerprint density at radius 1 is 1.21 bits per heavy atom. The molecule has 1 aliphatic rings. The van der Waals surface area contributed by atoms with Crippen molar-refractivity contribution in [3.05, 3.63) is 46.6 Å². The molecular weight excluding hydrogens is 369 g/mol. The van der Waals surface area contributed by atoms with Gasteiger partial charge in [-0.15, -0.1) is 24.8 Å². The zero-order valence-corrected chi connectivity index (χ0v) is 15.7. The maximum absolute atomic E-state index is 6.22. The average Bonchev–Trinajstić information content (AvgIpc) is 2.45. The molecule has 0 spiro atoms. The third kappa shape index (κ3) is 4.63. The lowest BCUT2D eigenvalue weighted by Gasteiger charge is -2.32. The molecule has 1 fully saturated rings. The number of hydrogen-bond acceptors (Lipinski definition) is 5. The molecule has 132 valence electrons. The van der Waals surface area contributed by atoms with E-state index in [9.17, 15) is 0 Å². The SMILES string of the molecule is CN(Cc1ccccc1Cl)c1cc(C2CC(N)C2)nc(N)n1.Cl.Cl. The Morgan fingerprint density at radius 2 is 1.88 bits per heavy atom. The fourth-order valence-corrected chi connectivity index (χ4v) is 2.94. The van der Waals surface area contributed by atoms with Gasteiger partial charge in [0.15, 0.2) is 0 Å². The predicted molar refractivity (Wildman–Crippen MR) is 104 cm³/mol. The van der Waals surface area contributed by atoms with E-state index >= 15 is 0 Å². The number of aromatic nitrogens is 2. The van der Waals surface area contributed by atoms with Gasteiger partial charge < -0.3 is 16.4 Å². The Labute approximate surface area is 159 Å². The van der Waals surface area contributed by atoms with Crippen LogP contribution < -0.4 is 16.4 Å². The molecule has 0 unspecified atom stereocenters. The summed E-state index contributed by atoms with van der Waals surface area (Å²) in [4.78, 5) is 10.7. The molecule has 4 N–H and O–H groups in total. The largest absolute Gasteiger partial charge is 0.368 e. The lowest BCUT2D eigenvalue weighted by atomic mass is 9.78. The summed E-state index contributed by atoms with van der Waals surface area (Å²) in [5, 5.41) is 0.751. The van der Waals surface area contributed by atoms with Gasteiger partial charge in [-0.3, -0.25) is 0 Å². The van der Waals surface area contributed by atoms with Crippen molar-refractivity contribution in [2.45, 2.75) is 31.3 Å². The monoisotopic (exact) mass is 389 g/mol. The molecule has 8 heteroatoms. The first-order valence-corrected chi connectivity index (χ1v) is 7.75. The number of hydrogen-bond donors (Lipinski definition) is 2. The molecule has 1 saturated carbocycles. The van der Waals surface area contributed by atoms with Crippen molar-refractivity contribution in [2.75, 3.05) is 17.7 Å². The average molecular weight is 391 g/mol. The highest BCUT2D eigenvalue weighted by atomic mass is 35.5. The van der Waals surface area contributed by atoms with Crippen molar-refractivity contribution in [2.24, 2.45) is 5.73 Å². The molecule has 1 aliphatic carbocycles. The smallest absolute Gasteiger partial charge is 0.222 e. The summed E-state index contributed by atoms with van der Waals surface area (Å²) >= 11 is 6.22. The third-order valence-electron chi connectivity index (χ3n) is 4.10. The molecule has 1 aromatic heterocycles. The van der Waals surface area contributed by atoms with Gasteiger partial charge in [-0.1, -0.05) is 29.8 Å². The molecule has 2 aromatic rings. The summed E-state index contributed by atoms with van der Waals surface area (Å²) in [5.74, 6) is 1.51. The third-order valence-corrected chi connectivity index (χ3v) is 4.47. The minimum absolute atomic E-state index is 0. The number of rotatable bonds is 4. The minimum atomic E-state index is 0. The van der Waals surface area contributed by atoms with Crippen LogP contribution in [0.2, 0.25) is 5.02 Å². The van der Waals surface area contributed by atoms with Gasteiger partial charge in [0.1, 0.15) is 5.82 Å². The quantitative estimate of drug-likeness (QED) is 0.836. The van der Waals surface area contributed by atoms with Gasteiger partial charge in [-0.05, 0) is 24.5 Å². The number of anilines is 2. The van der Waals surface area contributed by atoms with E-state index in [1.807, 2.05) is 42.3 Å². The van der Waals surface area contributed by atoms with Crippen molar-refractivity contribution < 1.29 is 0 Å². The molecule has 0 saturated heterocycles. The molecule has 0 amide bonds. The Balaban J connectivity index is 0.00000144. The number of nitrogens with two attached hydrogens (primary N) is 2. The molecule has 0 atom stereocenters. The van der Waals surface area contributed by atoms with Gasteiger partial charge >= 0.3 is 0 Å². The molecule has 5 nitrogen and oxygen atoms in total. The van der Waals surface area contributed by atoms with Crippen LogP contribution in [0.1, 0.15) is 30.0 Å². The molecule has 0 bridgehead atoms. The van der Waals surface area contributed by atoms with E-state index in [1.54, 1.807) is 0 Å². The Morgan fingerprint density at radius 3 is 2.50 bits per heavy atom. The van der Waals surface area contributed by atoms with Gasteiger partial charge in [0.2, 0.25) is 5.95 Å². The fraction of sp³-hybridized carbons (Fsp3) is 0.375. The normalized spacial score (nSPS) is 18.8. The number of nitrogen functional groups attached to an aromatic ring is 1. The summed E-state index contributed by atoms with van der Waals surface area (Å²) < 4.78 is 0. The summed E-state index contributed by atoms with van der Waals surface area (Å²) in [6.45, 7) is 0.666. The highest BCUT2D eigenvalue weighted by molar-refractivity contribution is 6.31. The van der Waals surface area contributed by atoms with Crippen LogP contribution in [0.4, 0.5) is 11.8 Å². The second-order valence-electron chi connectivity index (χ2n) is 5.89. The van der Waals surface area contributed by atoms with Gasteiger partial charge in [-0.25, -0.2) is 4.98 Å². The van der Waals surface area contributed by atoms with Crippen molar-refractivity contribution in [1.29, 1.82) is 0 Å². The van der Waals surface area contributed by atoms with E-state index in [4.69, 9.17) is 23.1 Å². The molecule has 0 radical (unpaired) electrons. The minimum Gasteiger partial charge on any atom is -0.368 e. The molecule has 1 heterocycles. The van der Waals surface area contributed by atoms with Crippen molar-refractivity contribution in [3.63, 3.8) is 0 Å². The lowest BCUT2D eigenvalue weighted by molar-refractivity contribution is 0.345. The zero-order chi connectivity index (χ0) is 15.7. The summed E-state index contributed by atoms with van der Waals surface area (Å²) in [6.07, 6.45) is 1.92. The first-order chi connectivity index (χ1) is 10.5. The molecule has 24 heavy (non-hydrogen) atoms. The molecule has 0 aliphatic heterocycles. The van der Waals surface area contributed by atoms with Crippen molar-refractivity contribution >= 4 is 48.2 Å². The van der Waals surface area contributed by atoms with Crippen LogP contribution in [0.5, 0.6) is 0 Å². The van der Waals surface area contributed by atoms with Crippen LogP contribution >= 0.6 is 36.4 Å². The van der Waals surface area contributed by atoms with Gasteiger partial charge in [0, 0.05) is 36.6 Å². The van der Waals surface area contributed by atoms with Crippen LogP contribution in [0.15, 0.2) is 30.3 Å². The van der Waals surface area contributed by atoms with Crippen LogP contribution in [0.3, 0.4) is 0 Å². The van der Waals surface area contributed by atoms with Crippen LogP contribution in [-0.4, -0.2) is 23.1 Å². The molecule has 1 aromatic carbocycles. The highest BCUT2D eigenvalue weighted by Gasteiger charge is 2.29. The van der Waals surface area contributed by atoms with E-state index < -0.39 is 0 Å². The summed E-state index contributed by atoms with van der Waals surface area (Å²) in [5.41, 5.74) is 13.8. The van der Waals surface area contributed by atoms with E-state index in [0.29, 0.717) is 18.4 Å². The Bertz CT molecular complexity index is 677. The van der Waals surface area contributed by atoms with Crippen LogP contribution in [0, 0.1) is 0 Å². The topological polar surface area (TPSA) is 81.1 Å². The standard InChI is InChI=1S/C16H20ClN5.2ClH/c1-22(9-10-4-2-3-5-13(10)17)15-8-14(20-16(19)21-15)11-6-12(18)7-11;;/h2-5,8,11-12H,6-7,9,18H2,1H3,(H2,19,20,21);2*1H. The molecule has 3 rings (SSSR count). The Kier molecular flexibility index (Phi) is 7.55. The summed E-state index contributed by atoms with van der Waals surface area (Å²) in [6, 6.07) is 10.1. The van der Waals surface area contributed by atoms with E-state index in [0.717, 1.165) is 34.9 Å². The van der Waals surface area contributed by atoms with Crippen molar-refractivity contribution in [3.8, 4) is 0 Å². The maximum Gasteiger partial charge on any atom is 0.222 e. The van der Waals surface area contributed by atoms with Crippen LogP contribution in [-0.2, 0) is 6.54 Å². The highest BCUT2D eigenvalue weighted by Crippen LogP contribution is 2.36. The van der Waals surface area contributed by atoms with Gasteiger partial charge in [-0.2, -0.15) is 4.98 Å². The number of halogens is 3. The van der Waals surface area contributed by atoms with E-state index in [1.165, 1.54) is 0 Å². The van der Waals surface area contributed by atoms with Gasteiger partial charge in [0.25, 0.3) is 0 Å². The van der Waals surface area contributed by atoms with Crippen LogP contribution in [0.25, 0.3) is 0 Å². The lowest BCUT2D eigenvalue weighted by Crippen LogP contribution is -2.35. The maximum atomic E-state index is 6.22. The molecular formula is C16H22Cl3N5. The zero-order valence-electron chi connectivity index (χ0n) is 13.4. The predicted octanol–water partition coefficient (Wildman–Crippen LogP) is 3.40. The van der Waals surface area contributed by atoms with E-state index in [2.05, 4.69) is 9.97 Å². The fourth-order valence-electron chi connectivity index (χ4n) is 2.74. The van der Waals surface area contributed by atoms with Crippen molar-refractivity contribution in [1.82, 2.24) is 9.97 Å². The number of nitrogens with zero attached hydrogens (tertiary/aromatic N) is 3. The Hall–Kier alpha value is -1.27. The first kappa shape index (κ1) is 20.8.